The summed E-state index contributed by atoms with van der Waals surface area (Å²) in [5.74, 6) is 3.23. The number of nitrogens with zero attached hydrogens (tertiary/aromatic N) is 1. The van der Waals surface area contributed by atoms with Gasteiger partial charge in [-0.2, -0.15) is 11.8 Å². The summed E-state index contributed by atoms with van der Waals surface area (Å²) in [6.45, 7) is 2.63. The molecule has 2 rings (SSSR count). The molecule has 0 radical (unpaired) electrons. The van der Waals surface area contributed by atoms with Gasteiger partial charge < -0.3 is 15.4 Å². The first kappa shape index (κ1) is 12.4. The van der Waals surface area contributed by atoms with Crippen LogP contribution in [0.4, 0.5) is 11.4 Å². The maximum atomic E-state index is 6.16. The Kier molecular flexibility index (Phi) is 4.05. The first-order chi connectivity index (χ1) is 8.24. The minimum Gasteiger partial charge on any atom is -0.492 e. The lowest BCUT2D eigenvalue weighted by Crippen LogP contribution is -2.31. The molecule has 1 aliphatic heterocycles. The van der Waals surface area contributed by atoms with Crippen molar-refractivity contribution in [1.82, 2.24) is 0 Å². The van der Waals surface area contributed by atoms with Crippen LogP contribution in [0.2, 0.25) is 0 Å². The fourth-order valence-electron chi connectivity index (χ4n) is 2.15. The smallest absolute Gasteiger partial charge is 0.144 e. The van der Waals surface area contributed by atoms with Crippen molar-refractivity contribution >= 4 is 23.1 Å². The van der Waals surface area contributed by atoms with Gasteiger partial charge in [-0.15, -0.1) is 0 Å². The molecule has 94 valence electrons. The third-order valence-corrected chi connectivity index (χ3v) is 4.32. The molecular weight excluding hydrogens is 232 g/mol. The van der Waals surface area contributed by atoms with Gasteiger partial charge in [-0.1, -0.05) is 6.07 Å². The molecule has 0 aliphatic carbocycles. The number of benzene rings is 1. The predicted octanol–water partition coefficient (Wildman–Crippen LogP) is 2.61. The Balaban J connectivity index is 2.21. The summed E-state index contributed by atoms with van der Waals surface area (Å²) >= 11 is 2.01. The Morgan fingerprint density at radius 2 is 2.35 bits per heavy atom. The lowest BCUT2D eigenvalue weighted by Gasteiger charge is -2.27. The molecule has 17 heavy (non-hydrogen) atoms. The number of hydrogen-bond acceptors (Lipinski definition) is 4. The van der Waals surface area contributed by atoms with Gasteiger partial charge in [0.2, 0.25) is 0 Å². The lowest BCUT2D eigenvalue weighted by atomic mass is 10.1. The zero-order chi connectivity index (χ0) is 12.3. The number of nitrogen functional groups attached to an aromatic ring is 1. The fourth-order valence-corrected chi connectivity index (χ4v) is 3.41. The maximum Gasteiger partial charge on any atom is 0.144 e. The Labute approximate surface area is 107 Å². The minimum atomic E-state index is 0.596. The number of anilines is 2. The summed E-state index contributed by atoms with van der Waals surface area (Å²) in [7, 11) is 2.12. The summed E-state index contributed by atoms with van der Waals surface area (Å²) in [6, 6.07) is 6.61. The van der Waals surface area contributed by atoms with Crippen LogP contribution in [-0.2, 0) is 0 Å². The molecule has 2 N–H and O–H groups in total. The molecule has 1 atom stereocenters. The zero-order valence-electron chi connectivity index (χ0n) is 10.5. The minimum absolute atomic E-state index is 0.596. The van der Waals surface area contributed by atoms with E-state index in [1.54, 1.807) is 0 Å². The second kappa shape index (κ2) is 5.54. The molecule has 1 unspecified atom stereocenters. The Morgan fingerprint density at radius 1 is 1.53 bits per heavy atom. The van der Waals surface area contributed by atoms with Crippen molar-refractivity contribution in [2.24, 2.45) is 0 Å². The standard InChI is InChI=1S/C13H20N2OS/c1-3-16-12-6-4-5-11(13(12)14)15(2)10-7-8-17-9-10/h4-6,10H,3,7-9,14H2,1-2H3. The summed E-state index contributed by atoms with van der Waals surface area (Å²) in [5.41, 5.74) is 8.01. The van der Waals surface area contributed by atoms with E-state index in [9.17, 15) is 0 Å². The molecular formula is C13H20N2OS. The Hall–Kier alpha value is -1.03. The number of nitrogens with two attached hydrogens (primary N) is 1. The quantitative estimate of drug-likeness (QED) is 0.836. The van der Waals surface area contributed by atoms with Crippen LogP contribution in [0.1, 0.15) is 13.3 Å². The third-order valence-electron chi connectivity index (χ3n) is 3.18. The highest BCUT2D eigenvalue weighted by Crippen LogP contribution is 2.34. The monoisotopic (exact) mass is 252 g/mol. The molecule has 1 aliphatic rings. The van der Waals surface area contributed by atoms with Gasteiger partial charge in [0.05, 0.1) is 18.0 Å². The summed E-state index contributed by atoms with van der Waals surface area (Å²) < 4.78 is 5.53. The van der Waals surface area contributed by atoms with Crippen LogP contribution in [-0.4, -0.2) is 31.2 Å². The highest BCUT2D eigenvalue weighted by Gasteiger charge is 2.22. The summed E-state index contributed by atoms with van der Waals surface area (Å²) in [5, 5.41) is 0. The van der Waals surface area contributed by atoms with E-state index in [1.807, 2.05) is 30.8 Å². The van der Waals surface area contributed by atoms with Crippen LogP contribution in [0.15, 0.2) is 18.2 Å². The van der Waals surface area contributed by atoms with Gasteiger partial charge in [0.1, 0.15) is 5.75 Å². The van der Waals surface area contributed by atoms with Crippen molar-refractivity contribution in [3.63, 3.8) is 0 Å². The zero-order valence-corrected chi connectivity index (χ0v) is 11.3. The molecule has 3 nitrogen and oxygen atoms in total. The molecule has 1 aromatic rings. The number of hydrogen-bond donors (Lipinski definition) is 1. The Morgan fingerprint density at radius 3 is 3.00 bits per heavy atom. The molecule has 1 saturated heterocycles. The molecule has 0 bridgehead atoms. The lowest BCUT2D eigenvalue weighted by molar-refractivity contribution is 0.342. The highest BCUT2D eigenvalue weighted by molar-refractivity contribution is 7.99. The second-order valence-corrected chi connectivity index (χ2v) is 5.40. The molecule has 1 fully saturated rings. The summed E-state index contributed by atoms with van der Waals surface area (Å²) in [6.07, 6.45) is 1.24. The van der Waals surface area contributed by atoms with Crippen molar-refractivity contribution in [3.05, 3.63) is 18.2 Å². The predicted molar refractivity (Wildman–Crippen MR) is 76.2 cm³/mol. The number of rotatable bonds is 4. The van der Waals surface area contributed by atoms with E-state index >= 15 is 0 Å². The number of ether oxygens (including phenoxy) is 1. The van der Waals surface area contributed by atoms with E-state index in [-0.39, 0.29) is 0 Å². The van der Waals surface area contributed by atoms with Crippen molar-refractivity contribution in [3.8, 4) is 5.75 Å². The van der Waals surface area contributed by atoms with Crippen LogP contribution >= 0.6 is 11.8 Å². The van der Waals surface area contributed by atoms with Crippen molar-refractivity contribution < 1.29 is 4.74 Å². The van der Waals surface area contributed by atoms with E-state index in [4.69, 9.17) is 10.5 Å². The maximum absolute atomic E-state index is 6.16. The Bertz CT molecular complexity index is 378. The largest absolute Gasteiger partial charge is 0.492 e. The molecule has 4 heteroatoms. The van der Waals surface area contributed by atoms with Gasteiger partial charge in [0.25, 0.3) is 0 Å². The molecule has 0 aromatic heterocycles. The van der Waals surface area contributed by atoms with Gasteiger partial charge >= 0.3 is 0 Å². The van der Waals surface area contributed by atoms with Crippen LogP contribution < -0.4 is 15.4 Å². The first-order valence-electron chi connectivity index (χ1n) is 6.06. The topological polar surface area (TPSA) is 38.5 Å². The van der Waals surface area contributed by atoms with Crippen molar-refractivity contribution in [2.45, 2.75) is 19.4 Å². The van der Waals surface area contributed by atoms with E-state index in [2.05, 4.69) is 18.0 Å². The van der Waals surface area contributed by atoms with Crippen LogP contribution in [0.5, 0.6) is 5.75 Å². The van der Waals surface area contributed by atoms with Gasteiger partial charge in [-0.25, -0.2) is 0 Å². The van der Waals surface area contributed by atoms with E-state index in [1.165, 1.54) is 17.9 Å². The fraction of sp³-hybridized carbons (Fsp3) is 0.538. The average Bonchev–Trinajstić information content (AvgIpc) is 2.85. The molecule has 0 amide bonds. The van der Waals surface area contributed by atoms with Crippen molar-refractivity contribution in [2.75, 3.05) is 35.8 Å². The molecule has 0 saturated carbocycles. The highest BCUT2D eigenvalue weighted by atomic mass is 32.2. The van der Waals surface area contributed by atoms with Gasteiger partial charge in [0, 0.05) is 18.8 Å². The third kappa shape index (κ3) is 2.63. The van der Waals surface area contributed by atoms with Gasteiger partial charge in [0.15, 0.2) is 0 Å². The molecule has 0 spiro atoms. The van der Waals surface area contributed by atoms with Gasteiger partial charge in [-0.3, -0.25) is 0 Å². The van der Waals surface area contributed by atoms with Gasteiger partial charge in [-0.05, 0) is 31.2 Å². The van der Waals surface area contributed by atoms with Crippen LogP contribution in [0, 0.1) is 0 Å². The second-order valence-electron chi connectivity index (χ2n) is 4.25. The average molecular weight is 252 g/mol. The van der Waals surface area contributed by atoms with E-state index in [0.29, 0.717) is 12.6 Å². The number of para-hydroxylation sites is 1. The van der Waals surface area contributed by atoms with Crippen molar-refractivity contribution in [1.29, 1.82) is 0 Å². The normalized spacial score (nSPS) is 19.3. The first-order valence-corrected chi connectivity index (χ1v) is 7.21. The van der Waals surface area contributed by atoms with Crippen LogP contribution in [0.25, 0.3) is 0 Å². The molecule has 1 aromatic carbocycles. The van der Waals surface area contributed by atoms with E-state index in [0.717, 1.165) is 17.1 Å². The SMILES string of the molecule is CCOc1cccc(N(C)C2CCSC2)c1N. The van der Waals surface area contributed by atoms with Crippen LogP contribution in [0.3, 0.4) is 0 Å². The number of thioether (sulfide) groups is 1. The molecule has 1 heterocycles. The summed E-state index contributed by atoms with van der Waals surface area (Å²) in [4.78, 5) is 2.29. The van der Waals surface area contributed by atoms with E-state index < -0.39 is 0 Å².